The molecular weight excluding hydrogens is 414 g/mol. The average Bonchev–Trinajstić information content (AvgIpc) is 2.66. The zero-order valence-corrected chi connectivity index (χ0v) is 20.5. The Hall–Kier alpha value is -2.61. The maximum atomic E-state index is 12.6. The second kappa shape index (κ2) is 11.9. The topological polar surface area (TPSA) is 91.4 Å². The minimum absolute atomic E-state index is 0.0818. The van der Waals surface area contributed by atoms with Gasteiger partial charge in [0.25, 0.3) is 0 Å². The van der Waals surface area contributed by atoms with E-state index in [4.69, 9.17) is 18.9 Å². The van der Waals surface area contributed by atoms with Gasteiger partial charge in [-0.25, -0.2) is 9.59 Å². The molecule has 0 aromatic heterocycles. The molecule has 8 nitrogen and oxygen atoms in total. The fourth-order valence-corrected chi connectivity index (χ4v) is 2.76. The third kappa shape index (κ3) is 10.6. The first-order chi connectivity index (χ1) is 14.7. The lowest BCUT2D eigenvalue weighted by Gasteiger charge is -2.31. The van der Waals surface area contributed by atoms with E-state index in [9.17, 15) is 14.4 Å². The number of rotatable bonds is 9. The molecule has 0 aliphatic rings. The largest absolute Gasteiger partial charge is 0.467 e. The van der Waals surface area contributed by atoms with Crippen LogP contribution in [0.5, 0.6) is 0 Å². The van der Waals surface area contributed by atoms with Gasteiger partial charge >= 0.3 is 18.0 Å². The Morgan fingerprint density at radius 3 is 2.00 bits per heavy atom. The van der Waals surface area contributed by atoms with E-state index in [1.807, 2.05) is 30.3 Å². The molecule has 0 heterocycles. The molecular formula is C24H37NO7. The molecule has 1 amide bonds. The molecule has 2 atom stereocenters. The van der Waals surface area contributed by atoms with Crippen LogP contribution in [0.15, 0.2) is 30.3 Å². The summed E-state index contributed by atoms with van der Waals surface area (Å²) in [7, 11) is 2.81. The van der Waals surface area contributed by atoms with Gasteiger partial charge in [-0.05, 0) is 47.1 Å². The van der Waals surface area contributed by atoms with Crippen molar-refractivity contribution in [3.63, 3.8) is 0 Å². The SMILES string of the molecule is COC(=O)C(Cc1ccccc1)OCC(CC(=O)OC(C)(C)C)N(C)C(=O)OC(C)(C)C. The molecule has 1 rings (SSSR count). The lowest BCUT2D eigenvalue weighted by molar-refractivity contribution is -0.158. The first kappa shape index (κ1) is 27.4. The fourth-order valence-electron chi connectivity index (χ4n) is 2.76. The van der Waals surface area contributed by atoms with Crippen LogP contribution in [0.3, 0.4) is 0 Å². The van der Waals surface area contributed by atoms with Crippen molar-refractivity contribution in [3.05, 3.63) is 35.9 Å². The van der Waals surface area contributed by atoms with Crippen LogP contribution in [0.4, 0.5) is 4.79 Å². The number of esters is 2. The summed E-state index contributed by atoms with van der Waals surface area (Å²) in [5, 5.41) is 0. The number of carbonyl (C=O) groups is 3. The third-order valence-electron chi connectivity index (χ3n) is 4.27. The zero-order valence-electron chi connectivity index (χ0n) is 20.5. The number of ether oxygens (including phenoxy) is 4. The van der Waals surface area contributed by atoms with Gasteiger partial charge in [-0.2, -0.15) is 0 Å². The van der Waals surface area contributed by atoms with E-state index in [-0.39, 0.29) is 13.0 Å². The normalized spacial score (nSPS) is 13.6. The first-order valence-corrected chi connectivity index (χ1v) is 10.6. The summed E-state index contributed by atoms with van der Waals surface area (Å²) < 4.78 is 21.6. The number of methoxy groups -OCH3 is 1. The number of benzene rings is 1. The monoisotopic (exact) mass is 451 g/mol. The Morgan fingerprint density at radius 1 is 0.938 bits per heavy atom. The molecule has 0 saturated carbocycles. The van der Waals surface area contributed by atoms with Gasteiger partial charge in [0.1, 0.15) is 11.2 Å². The van der Waals surface area contributed by atoms with E-state index in [0.29, 0.717) is 6.42 Å². The van der Waals surface area contributed by atoms with E-state index in [2.05, 4.69) is 0 Å². The van der Waals surface area contributed by atoms with E-state index in [1.165, 1.54) is 19.1 Å². The standard InChI is InChI=1S/C24H37NO7/c1-23(2,3)31-20(26)15-18(25(7)22(28)32-24(4,5)6)16-30-19(21(27)29-8)14-17-12-10-9-11-13-17/h9-13,18-19H,14-16H2,1-8H3. The van der Waals surface area contributed by atoms with Crippen molar-refractivity contribution < 1.29 is 33.3 Å². The Kier molecular flexibility index (Phi) is 10.2. The summed E-state index contributed by atoms with van der Waals surface area (Å²) in [6.07, 6.45) is -1.32. The summed E-state index contributed by atoms with van der Waals surface area (Å²) in [4.78, 5) is 38.6. The van der Waals surface area contributed by atoms with Gasteiger partial charge in [0.05, 0.1) is 26.2 Å². The van der Waals surface area contributed by atoms with Crippen LogP contribution in [-0.4, -0.2) is 67.0 Å². The highest BCUT2D eigenvalue weighted by molar-refractivity contribution is 5.75. The maximum Gasteiger partial charge on any atom is 0.410 e. The van der Waals surface area contributed by atoms with Crippen molar-refractivity contribution in [1.82, 2.24) is 4.90 Å². The quantitative estimate of drug-likeness (QED) is 0.417. The number of hydrogen-bond donors (Lipinski definition) is 0. The second-order valence-electron chi connectivity index (χ2n) is 9.57. The second-order valence-corrected chi connectivity index (χ2v) is 9.57. The zero-order chi connectivity index (χ0) is 24.5. The number of nitrogens with zero attached hydrogens (tertiary/aromatic N) is 1. The smallest absolute Gasteiger partial charge is 0.410 e. The highest BCUT2D eigenvalue weighted by Crippen LogP contribution is 2.17. The average molecular weight is 452 g/mol. The van der Waals surface area contributed by atoms with Gasteiger partial charge in [0.2, 0.25) is 0 Å². The van der Waals surface area contributed by atoms with Crippen molar-refractivity contribution in [3.8, 4) is 0 Å². The molecule has 32 heavy (non-hydrogen) atoms. The maximum absolute atomic E-state index is 12.6. The van der Waals surface area contributed by atoms with Crippen LogP contribution < -0.4 is 0 Å². The Balaban J connectivity index is 2.98. The molecule has 180 valence electrons. The summed E-state index contributed by atoms with van der Waals surface area (Å²) in [5.41, 5.74) is -0.480. The van der Waals surface area contributed by atoms with Crippen LogP contribution in [0.25, 0.3) is 0 Å². The summed E-state index contributed by atoms with van der Waals surface area (Å²) >= 11 is 0. The third-order valence-corrected chi connectivity index (χ3v) is 4.27. The van der Waals surface area contributed by atoms with E-state index in [0.717, 1.165) is 5.56 Å². The predicted molar refractivity (Wildman–Crippen MR) is 120 cm³/mol. The molecule has 8 heteroatoms. The molecule has 1 aromatic rings. The highest BCUT2D eigenvalue weighted by atomic mass is 16.6. The minimum atomic E-state index is -0.893. The Morgan fingerprint density at radius 2 is 1.50 bits per heavy atom. The molecule has 0 bridgehead atoms. The number of likely N-dealkylation sites (N-methyl/N-ethyl adjacent to an activating group) is 1. The van der Waals surface area contributed by atoms with Crippen molar-refractivity contribution in [2.45, 2.75) is 77.7 Å². The van der Waals surface area contributed by atoms with Crippen molar-refractivity contribution in [2.24, 2.45) is 0 Å². The first-order valence-electron chi connectivity index (χ1n) is 10.6. The van der Waals surface area contributed by atoms with Crippen LogP contribution in [0, 0.1) is 0 Å². The van der Waals surface area contributed by atoms with Crippen molar-refractivity contribution in [2.75, 3.05) is 20.8 Å². The van der Waals surface area contributed by atoms with Crippen LogP contribution in [0.2, 0.25) is 0 Å². The van der Waals surface area contributed by atoms with Gasteiger partial charge in [0, 0.05) is 13.5 Å². The van der Waals surface area contributed by atoms with Crippen LogP contribution in [-0.2, 0) is 35.0 Å². The molecule has 0 aliphatic carbocycles. The minimum Gasteiger partial charge on any atom is -0.467 e. The van der Waals surface area contributed by atoms with Crippen LogP contribution in [0.1, 0.15) is 53.5 Å². The van der Waals surface area contributed by atoms with E-state index in [1.54, 1.807) is 41.5 Å². The molecule has 0 aliphatic heterocycles. The molecule has 0 radical (unpaired) electrons. The van der Waals surface area contributed by atoms with E-state index >= 15 is 0 Å². The van der Waals surface area contributed by atoms with Gasteiger partial charge in [0.15, 0.2) is 6.10 Å². The molecule has 2 unspecified atom stereocenters. The molecule has 1 aromatic carbocycles. The van der Waals surface area contributed by atoms with Gasteiger partial charge < -0.3 is 23.8 Å². The van der Waals surface area contributed by atoms with Gasteiger partial charge in [-0.3, -0.25) is 4.79 Å². The lowest BCUT2D eigenvalue weighted by atomic mass is 10.1. The Labute approximate surface area is 191 Å². The number of hydrogen-bond acceptors (Lipinski definition) is 7. The van der Waals surface area contributed by atoms with Crippen molar-refractivity contribution >= 4 is 18.0 Å². The van der Waals surface area contributed by atoms with Crippen LogP contribution >= 0.6 is 0 Å². The van der Waals surface area contributed by atoms with Gasteiger partial charge in [-0.1, -0.05) is 30.3 Å². The Bertz CT molecular complexity index is 750. The van der Waals surface area contributed by atoms with E-state index < -0.39 is 41.4 Å². The lowest BCUT2D eigenvalue weighted by Crippen LogP contribution is -2.46. The molecule has 0 N–H and O–H groups in total. The number of amides is 1. The summed E-state index contributed by atoms with van der Waals surface area (Å²) in [5.74, 6) is -1.02. The molecule has 0 fully saturated rings. The highest BCUT2D eigenvalue weighted by Gasteiger charge is 2.31. The predicted octanol–water partition coefficient (Wildman–Crippen LogP) is 3.75. The summed E-state index contributed by atoms with van der Waals surface area (Å²) in [6, 6.07) is 8.66. The molecule has 0 saturated heterocycles. The summed E-state index contributed by atoms with van der Waals surface area (Å²) in [6.45, 7) is 10.5. The van der Waals surface area contributed by atoms with Crippen molar-refractivity contribution in [1.29, 1.82) is 0 Å². The number of carbonyl (C=O) groups excluding carboxylic acids is 3. The molecule has 0 spiro atoms. The van der Waals surface area contributed by atoms with Gasteiger partial charge in [-0.15, -0.1) is 0 Å². The fraction of sp³-hybridized carbons (Fsp3) is 0.625.